The van der Waals surface area contributed by atoms with Gasteiger partial charge in [-0.15, -0.1) is 11.3 Å². The molecule has 1 saturated heterocycles. The number of thiazole rings is 1. The number of alkyl halides is 3. The summed E-state index contributed by atoms with van der Waals surface area (Å²) in [6, 6.07) is 20.2. The molecule has 6 nitrogen and oxygen atoms in total. The highest BCUT2D eigenvalue weighted by molar-refractivity contribution is 7.14. The fourth-order valence-electron chi connectivity index (χ4n) is 4.69. The average Bonchev–Trinajstić information content (AvgIpc) is 3.41. The highest BCUT2D eigenvalue weighted by Crippen LogP contribution is 2.30. The molecule has 4 aromatic rings. The fraction of sp³-hybridized carbons (Fsp3) is 0.267. The van der Waals surface area contributed by atoms with Crippen molar-refractivity contribution in [3.63, 3.8) is 0 Å². The van der Waals surface area contributed by atoms with E-state index < -0.39 is 11.7 Å². The first-order valence-corrected chi connectivity index (χ1v) is 13.8. The summed E-state index contributed by atoms with van der Waals surface area (Å²) in [6.07, 6.45) is -4.06. The summed E-state index contributed by atoms with van der Waals surface area (Å²) in [4.78, 5) is 19.8. The molecule has 10 heteroatoms. The van der Waals surface area contributed by atoms with Crippen LogP contribution in [0.3, 0.4) is 0 Å². The van der Waals surface area contributed by atoms with Crippen molar-refractivity contribution in [1.29, 1.82) is 0 Å². The van der Waals surface area contributed by atoms with E-state index in [0.717, 1.165) is 36.5 Å². The number of halogens is 3. The lowest BCUT2D eigenvalue weighted by molar-refractivity contribution is -0.137. The van der Waals surface area contributed by atoms with E-state index in [1.807, 2.05) is 35.7 Å². The number of nitrogens with zero attached hydrogens (tertiary/aromatic N) is 2. The lowest BCUT2D eigenvalue weighted by Crippen LogP contribution is -2.45. The van der Waals surface area contributed by atoms with E-state index in [1.54, 1.807) is 24.3 Å². The largest absolute Gasteiger partial charge is 0.416 e. The van der Waals surface area contributed by atoms with Crippen LogP contribution in [0.25, 0.3) is 11.3 Å². The molecule has 1 aromatic heterocycles. The zero-order valence-electron chi connectivity index (χ0n) is 22.0. The Bertz CT molecular complexity index is 1460. The van der Waals surface area contributed by atoms with Crippen LogP contribution in [0, 0.1) is 0 Å². The maximum absolute atomic E-state index is 13.0. The maximum atomic E-state index is 13.0. The number of rotatable bonds is 7. The number of aromatic nitrogens is 1. The molecule has 40 heavy (non-hydrogen) atoms. The van der Waals surface area contributed by atoms with Crippen LogP contribution in [-0.2, 0) is 17.5 Å². The first-order chi connectivity index (χ1) is 19.1. The first-order valence-electron chi connectivity index (χ1n) is 12.9. The lowest BCUT2D eigenvalue weighted by Gasteiger charge is -2.36. The number of hydrogen-bond donors (Lipinski definition) is 2. The van der Waals surface area contributed by atoms with Gasteiger partial charge in [-0.1, -0.05) is 24.3 Å². The van der Waals surface area contributed by atoms with Gasteiger partial charge in [0.1, 0.15) is 0 Å². The van der Waals surface area contributed by atoms with E-state index in [0.29, 0.717) is 27.6 Å². The number of anilines is 3. The molecular formula is C30H29F3N4O2S. The SMILES string of the molecule is C[C@@H]1CN(c2ccc(NC(=O)c3cccc(-c4csc(NCc5cccc(C(F)(F)F)c5)n4)c3)cc2)C[C@H](C)O1. The highest BCUT2D eigenvalue weighted by atomic mass is 32.1. The average molecular weight is 567 g/mol. The first kappa shape index (κ1) is 27.7. The van der Waals surface area contributed by atoms with Crippen molar-refractivity contribution >= 4 is 33.8 Å². The van der Waals surface area contributed by atoms with Crippen LogP contribution in [0.4, 0.5) is 29.7 Å². The van der Waals surface area contributed by atoms with Gasteiger partial charge in [0.25, 0.3) is 5.91 Å². The Hall–Kier alpha value is -3.89. The summed E-state index contributed by atoms with van der Waals surface area (Å²) < 4.78 is 44.7. The third-order valence-electron chi connectivity index (χ3n) is 6.53. The zero-order valence-corrected chi connectivity index (χ0v) is 22.9. The minimum absolute atomic E-state index is 0.162. The molecule has 2 heterocycles. The molecule has 1 fully saturated rings. The molecule has 0 unspecified atom stereocenters. The van der Waals surface area contributed by atoms with Gasteiger partial charge in [0, 0.05) is 47.5 Å². The Balaban J connectivity index is 1.21. The normalized spacial score (nSPS) is 17.5. The number of carbonyl (C=O) groups excluding carboxylic acids is 1. The summed E-state index contributed by atoms with van der Waals surface area (Å²) in [5, 5.41) is 8.45. The summed E-state index contributed by atoms with van der Waals surface area (Å²) >= 11 is 1.35. The summed E-state index contributed by atoms with van der Waals surface area (Å²) in [5.74, 6) is -0.235. The molecule has 0 bridgehead atoms. The third kappa shape index (κ3) is 6.81. The Morgan fingerprint density at radius 3 is 2.48 bits per heavy atom. The number of carbonyl (C=O) groups is 1. The second-order valence-corrected chi connectivity index (χ2v) is 10.7. The quantitative estimate of drug-likeness (QED) is 0.246. The second-order valence-electron chi connectivity index (χ2n) is 9.83. The Labute approximate surface area is 234 Å². The van der Waals surface area contributed by atoms with Crippen molar-refractivity contribution in [3.05, 3.63) is 94.9 Å². The van der Waals surface area contributed by atoms with Gasteiger partial charge < -0.3 is 20.3 Å². The van der Waals surface area contributed by atoms with Gasteiger partial charge in [-0.25, -0.2) is 4.98 Å². The van der Waals surface area contributed by atoms with Gasteiger partial charge in [-0.3, -0.25) is 4.79 Å². The van der Waals surface area contributed by atoms with Crippen molar-refractivity contribution in [2.24, 2.45) is 0 Å². The molecule has 2 atom stereocenters. The van der Waals surface area contributed by atoms with Crippen LogP contribution in [0.15, 0.2) is 78.2 Å². The molecule has 208 valence electrons. The standard InChI is InChI=1S/C30H29F3N4O2S/c1-19-16-37(17-20(2)39-19)26-11-9-25(10-12-26)35-28(38)23-7-4-6-22(14-23)27-18-40-29(36-27)34-15-21-5-3-8-24(13-21)30(31,32)33/h3-14,18-20H,15-17H2,1-2H3,(H,34,36)(H,35,38)/t19-,20+. The van der Waals surface area contributed by atoms with Crippen LogP contribution >= 0.6 is 11.3 Å². The van der Waals surface area contributed by atoms with E-state index in [2.05, 4.69) is 34.4 Å². The summed E-state index contributed by atoms with van der Waals surface area (Å²) in [6.45, 7) is 5.98. The maximum Gasteiger partial charge on any atom is 0.416 e. The van der Waals surface area contributed by atoms with E-state index in [4.69, 9.17) is 4.74 Å². The van der Waals surface area contributed by atoms with Gasteiger partial charge >= 0.3 is 6.18 Å². The van der Waals surface area contributed by atoms with Crippen molar-refractivity contribution in [3.8, 4) is 11.3 Å². The molecule has 5 rings (SSSR count). The number of hydrogen-bond acceptors (Lipinski definition) is 6. The van der Waals surface area contributed by atoms with Gasteiger partial charge in [0.05, 0.1) is 23.5 Å². The van der Waals surface area contributed by atoms with Crippen LogP contribution in [0.1, 0.15) is 35.3 Å². The number of benzene rings is 3. The fourth-order valence-corrected chi connectivity index (χ4v) is 5.41. The topological polar surface area (TPSA) is 66.5 Å². The predicted molar refractivity (Wildman–Crippen MR) is 153 cm³/mol. The summed E-state index contributed by atoms with van der Waals surface area (Å²) in [7, 11) is 0. The number of nitrogens with one attached hydrogen (secondary N) is 2. The van der Waals surface area contributed by atoms with Crippen LogP contribution in [0.5, 0.6) is 0 Å². The lowest BCUT2D eigenvalue weighted by atomic mass is 10.1. The number of morpholine rings is 1. The Morgan fingerprint density at radius 2 is 1.75 bits per heavy atom. The van der Waals surface area contributed by atoms with E-state index >= 15 is 0 Å². The minimum atomic E-state index is -4.38. The van der Waals surface area contributed by atoms with E-state index in [1.165, 1.54) is 17.4 Å². The number of ether oxygens (including phenoxy) is 1. The minimum Gasteiger partial charge on any atom is -0.372 e. The Kier molecular flexibility index (Phi) is 8.09. The molecule has 1 aliphatic rings. The van der Waals surface area contributed by atoms with Crippen LogP contribution in [0.2, 0.25) is 0 Å². The molecule has 0 saturated carbocycles. The number of amides is 1. The molecule has 0 spiro atoms. The van der Waals surface area contributed by atoms with Gasteiger partial charge in [-0.05, 0) is 67.9 Å². The smallest absolute Gasteiger partial charge is 0.372 e. The van der Waals surface area contributed by atoms with Crippen molar-refractivity contribution in [2.75, 3.05) is 28.6 Å². The molecule has 1 amide bonds. The van der Waals surface area contributed by atoms with Gasteiger partial charge in [0.2, 0.25) is 0 Å². The van der Waals surface area contributed by atoms with Crippen molar-refractivity contribution in [1.82, 2.24) is 4.98 Å². The van der Waals surface area contributed by atoms with E-state index in [9.17, 15) is 18.0 Å². The van der Waals surface area contributed by atoms with E-state index in [-0.39, 0.29) is 24.7 Å². The highest BCUT2D eigenvalue weighted by Gasteiger charge is 2.30. The van der Waals surface area contributed by atoms with Crippen LogP contribution in [-0.4, -0.2) is 36.2 Å². The molecule has 0 radical (unpaired) electrons. The van der Waals surface area contributed by atoms with Crippen LogP contribution < -0.4 is 15.5 Å². The molecule has 0 aliphatic carbocycles. The zero-order chi connectivity index (χ0) is 28.3. The van der Waals surface area contributed by atoms with Gasteiger partial charge in [0.15, 0.2) is 5.13 Å². The third-order valence-corrected chi connectivity index (χ3v) is 7.33. The molecular weight excluding hydrogens is 537 g/mol. The summed E-state index contributed by atoms with van der Waals surface area (Å²) in [5.41, 5.74) is 3.54. The second kappa shape index (κ2) is 11.7. The Morgan fingerprint density at radius 1 is 1.02 bits per heavy atom. The van der Waals surface area contributed by atoms with Crippen molar-refractivity contribution < 1.29 is 22.7 Å². The van der Waals surface area contributed by atoms with Crippen molar-refractivity contribution in [2.45, 2.75) is 38.8 Å². The molecule has 1 aliphatic heterocycles. The van der Waals surface area contributed by atoms with Gasteiger partial charge in [-0.2, -0.15) is 13.2 Å². The predicted octanol–water partition coefficient (Wildman–Crippen LogP) is 7.31. The monoisotopic (exact) mass is 566 g/mol. The molecule has 2 N–H and O–H groups in total. The molecule has 3 aromatic carbocycles.